The van der Waals surface area contributed by atoms with Gasteiger partial charge in [-0.1, -0.05) is 26.2 Å². The first-order chi connectivity index (χ1) is 5.75. The maximum absolute atomic E-state index is 11.1. The van der Waals surface area contributed by atoms with Gasteiger partial charge in [0.2, 0.25) is 5.91 Å². The lowest BCUT2D eigenvalue weighted by molar-refractivity contribution is -0.123. The van der Waals surface area contributed by atoms with Crippen molar-refractivity contribution in [1.29, 1.82) is 0 Å². The number of hydrogen-bond donors (Lipinski definition) is 1. The summed E-state index contributed by atoms with van der Waals surface area (Å²) in [6.45, 7) is 2.06. The smallest absolute Gasteiger partial charge is 0.220 e. The Hall–Kier alpha value is -0.240. The zero-order valence-electron chi connectivity index (χ0n) is 8.29. The third kappa shape index (κ3) is 3.55. The molecule has 0 saturated heterocycles. The van der Waals surface area contributed by atoms with Gasteiger partial charge in [0.05, 0.1) is 0 Å². The average molecular weight is 206 g/mol. The van der Waals surface area contributed by atoms with Crippen molar-refractivity contribution in [3.05, 3.63) is 0 Å². The fraction of sp³-hybridized carbons (Fsp3) is 0.900. The van der Waals surface area contributed by atoms with Crippen LogP contribution in [0.5, 0.6) is 0 Å². The van der Waals surface area contributed by atoms with Crippen molar-refractivity contribution >= 4 is 18.3 Å². The first kappa shape index (κ1) is 12.8. The van der Waals surface area contributed by atoms with Crippen LogP contribution in [0.15, 0.2) is 0 Å². The van der Waals surface area contributed by atoms with E-state index in [0.717, 1.165) is 6.42 Å². The quantitative estimate of drug-likeness (QED) is 0.756. The number of nitrogens with two attached hydrogens (primary N) is 1. The van der Waals surface area contributed by atoms with Crippen molar-refractivity contribution in [1.82, 2.24) is 0 Å². The van der Waals surface area contributed by atoms with Crippen LogP contribution < -0.4 is 5.73 Å². The summed E-state index contributed by atoms with van der Waals surface area (Å²) in [5.41, 5.74) is 5.34. The lowest BCUT2D eigenvalue weighted by atomic mass is 9.78. The van der Waals surface area contributed by atoms with E-state index in [-0.39, 0.29) is 24.2 Å². The molecule has 13 heavy (non-hydrogen) atoms. The minimum atomic E-state index is -0.0931. The summed E-state index contributed by atoms with van der Waals surface area (Å²) in [5.74, 6) is 0.635. The van der Waals surface area contributed by atoms with Crippen molar-refractivity contribution in [2.45, 2.75) is 45.4 Å². The largest absolute Gasteiger partial charge is 0.369 e. The van der Waals surface area contributed by atoms with E-state index < -0.39 is 0 Å². The molecule has 78 valence electrons. The van der Waals surface area contributed by atoms with Gasteiger partial charge in [0.15, 0.2) is 0 Å². The molecule has 0 heterocycles. The Balaban J connectivity index is 0.00000144. The van der Waals surface area contributed by atoms with Crippen LogP contribution in [0.2, 0.25) is 0 Å². The van der Waals surface area contributed by atoms with Gasteiger partial charge < -0.3 is 5.73 Å². The Morgan fingerprint density at radius 3 is 2.31 bits per heavy atom. The van der Waals surface area contributed by atoms with E-state index in [0.29, 0.717) is 5.92 Å². The minimum absolute atomic E-state index is 0. The molecular weight excluding hydrogens is 186 g/mol. The van der Waals surface area contributed by atoms with E-state index >= 15 is 0 Å². The highest BCUT2D eigenvalue weighted by molar-refractivity contribution is 5.85. The molecule has 1 unspecified atom stereocenters. The van der Waals surface area contributed by atoms with Crippen LogP contribution in [0, 0.1) is 11.8 Å². The van der Waals surface area contributed by atoms with Gasteiger partial charge in [0, 0.05) is 5.92 Å². The van der Waals surface area contributed by atoms with Crippen molar-refractivity contribution in [2.24, 2.45) is 17.6 Å². The molecule has 0 aromatic carbocycles. The van der Waals surface area contributed by atoms with Crippen molar-refractivity contribution in [3.8, 4) is 0 Å². The van der Waals surface area contributed by atoms with Crippen LogP contribution in [-0.4, -0.2) is 5.91 Å². The molecule has 0 aromatic heterocycles. The molecule has 0 bridgehead atoms. The monoisotopic (exact) mass is 205 g/mol. The van der Waals surface area contributed by atoms with Gasteiger partial charge in [-0.3, -0.25) is 4.79 Å². The summed E-state index contributed by atoms with van der Waals surface area (Å²) >= 11 is 0. The van der Waals surface area contributed by atoms with Gasteiger partial charge in [-0.15, -0.1) is 12.4 Å². The second-order valence-corrected chi connectivity index (χ2v) is 3.82. The van der Waals surface area contributed by atoms with Gasteiger partial charge >= 0.3 is 0 Å². The topological polar surface area (TPSA) is 43.1 Å². The number of halogens is 1. The second-order valence-electron chi connectivity index (χ2n) is 3.82. The minimum Gasteiger partial charge on any atom is -0.369 e. The third-order valence-corrected chi connectivity index (χ3v) is 3.02. The molecule has 0 spiro atoms. The SMILES string of the molecule is CCC(C(N)=O)C1CCCCC1.Cl. The number of amides is 1. The highest BCUT2D eigenvalue weighted by Gasteiger charge is 2.25. The fourth-order valence-electron chi connectivity index (χ4n) is 2.30. The van der Waals surface area contributed by atoms with Gasteiger partial charge in [-0.05, 0) is 25.2 Å². The molecule has 1 aliphatic rings. The van der Waals surface area contributed by atoms with E-state index in [1.165, 1.54) is 32.1 Å². The third-order valence-electron chi connectivity index (χ3n) is 3.02. The highest BCUT2D eigenvalue weighted by Crippen LogP contribution is 2.31. The predicted octanol–water partition coefficient (Wildman–Crippen LogP) is 2.50. The molecule has 0 radical (unpaired) electrons. The van der Waals surface area contributed by atoms with Crippen LogP contribution in [0.3, 0.4) is 0 Å². The summed E-state index contributed by atoms with van der Waals surface area (Å²) in [7, 11) is 0. The average Bonchev–Trinajstić information content (AvgIpc) is 2.07. The predicted molar refractivity (Wildman–Crippen MR) is 56.8 cm³/mol. The Morgan fingerprint density at radius 2 is 1.92 bits per heavy atom. The zero-order chi connectivity index (χ0) is 8.97. The number of carbonyl (C=O) groups excluding carboxylic acids is 1. The first-order valence-electron chi connectivity index (χ1n) is 5.05. The standard InChI is InChI=1S/C10H19NO.ClH/c1-2-9(10(11)12)8-6-4-3-5-7-8;/h8-9H,2-7H2,1H3,(H2,11,12);1H. The second kappa shape index (κ2) is 6.25. The Labute approximate surface area is 86.7 Å². The van der Waals surface area contributed by atoms with Gasteiger partial charge in [0.25, 0.3) is 0 Å². The number of hydrogen-bond acceptors (Lipinski definition) is 1. The summed E-state index contributed by atoms with van der Waals surface area (Å²) in [6, 6.07) is 0. The summed E-state index contributed by atoms with van der Waals surface area (Å²) in [4.78, 5) is 11.1. The summed E-state index contributed by atoms with van der Waals surface area (Å²) in [5, 5.41) is 0. The molecule has 1 saturated carbocycles. The van der Waals surface area contributed by atoms with Crippen LogP contribution in [0.4, 0.5) is 0 Å². The van der Waals surface area contributed by atoms with E-state index in [2.05, 4.69) is 6.92 Å². The maximum atomic E-state index is 11.1. The van der Waals surface area contributed by atoms with E-state index in [9.17, 15) is 4.79 Å². The Morgan fingerprint density at radius 1 is 1.38 bits per heavy atom. The molecule has 1 aliphatic carbocycles. The molecule has 2 N–H and O–H groups in total. The van der Waals surface area contributed by atoms with Gasteiger partial charge in [-0.25, -0.2) is 0 Å². The summed E-state index contributed by atoms with van der Waals surface area (Å²) < 4.78 is 0. The lowest BCUT2D eigenvalue weighted by Crippen LogP contribution is -2.30. The molecule has 0 aromatic rings. The molecule has 1 rings (SSSR count). The van der Waals surface area contributed by atoms with Crippen LogP contribution in [0.25, 0.3) is 0 Å². The normalized spacial score (nSPS) is 20.4. The Bertz CT molecular complexity index is 155. The zero-order valence-corrected chi connectivity index (χ0v) is 9.11. The van der Waals surface area contributed by atoms with Gasteiger partial charge in [-0.2, -0.15) is 0 Å². The van der Waals surface area contributed by atoms with Crippen molar-refractivity contribution in [3.63, 3.8) is 0 Å². The van der Waals surface area contributed by atoms with E-state index in [1.54, 1.807) is 0 Å². The lowest BCUT2D eigenvalue weighted by Gasteiger charge is -2.27. The van der Waals surface area contributed by atoms with E-state index in [1.807, 2.05) is 0 Å². The molecule has 1 atom stereocenters. The maximum Gasteiger partial charge on any atom is 0.220 e. The molecule has 2 nitrogen and oxygen atoms in total. The first-order valence-corrected chi connectivity index (χ1v) is 5.05. The molecular formula is C10H20ClNO. The fourth-order valence-corrected chi connectivity index (χ4v) is 2.30. The Kier molecular flexibility index (Phi) is 6.13. The van der Waals surface area contributed by atoms with Gasteiger partial charge in [0.1, 0.15) is 0 Å². The van der Waals surface area contributed by atoms with Crippen molar-refractivity contribution in [2.75, 3.05) is 0 Å². The number of rotatable bonds is 3. The van der Waals surface area contributed by atoms with Crippen molar-refractivity contribution < 1.29 is 4.79 Å². The highest BCUT2D eigenvalue weighted by atomic mass is 35.5. The molecule has 1 fully saturated rings. The van der Waals surface area contributed by atoms with E-state index in [4.69, 9.17) is 5.73 Å². The number of carbonyl (C=O) groups is 1. The van der Waals surface area contributed by atoms with Crippen LogP contribution in [-0.2, 0) is 4.79 Å². The van der Waals surface area contributed by atoms with Crippen LogP contribution >= 0.6 is 12.4 Å². The number of primary amides is 1. The van der Waals surface area contributed by atoms with Crippen LogP contribution in [0.1, 0.15) is 45.4 Å². The molecule has 3 heteroatoms. The molecule has 0 aliphatic heterocycles. The molecule has 1 amide bonds. The summed E-state index contributed by atoms with van der Waals surface area (Å²) in [6.07, 6.45) is 7.25.